The molecule has 2 aliphatic heterocycles. The molecule has 2 heterocycles. The van der Waals surface area contributed by atoms with E-state index in [1.807, 2.05) is 30.0 Å². The maximum Gasteiger partial charge on any atom is 0.273 e. The van der Waals surface area contributed by atoms with Crippen LogP contribution in [0.4, 0.5) is 11.4 Å². The lowest BCUT2D eigenvalue weighted by Gasteiger charge is -2.36. The van der Waals surface area contributed by atoms with E-state index in [2.05, 4.69) is 24.2 Å². The molecule has 0 aliphatic carbocycles. The molecule has 2 aromatic rings. The Balaban J connectivity index is 1.54. The van der Waals surface area contributed by atoms with E-state index < -0.39 is 0 Å². The number of amides is 2. The largest absolute Gasteiger partial charge is 0.399 e. The highest BCUT2D eigenvalue weighted by molar-refractivity contribution is 6.05. The SMILES string of the molecule is CCCN(OCc1ccc(N)cc1)C(=O)C1=Cc2ccc(C(=O)N3CC(C)NC(C)C3)cc2N=C(N)C1. The Kier molecular flexibility index (Phi) is 8.25. The Hall–Kier alpha value is -3.69. The number of aliphatic imine (C=N–C) groups is 1. The molecule has 1 saturated heterocycles. The first-order chi connectivity index (χ1) is 17.7. The fraction of sp³-hybridized carbons (Fsp3) is 0.393. The van der Waals surface area contributed by atoms with Gasteiger partial charge in [-0.05, 0) is 56.2 Å². The van der Waals surface area contributed by atoms with Gasteiger partial charge < -0.3 is 21.7 Å². The second-order valence-corrected chi connectivity index (χ2v) is 9.82. The van der Waals surface area contributed by atoms with E-state index in [1.165, 1.54) is 5.06 Å². The van der Waals surface area contributed by atoms with Crippen molar-refractivity contribution in [3.63, 3.8) is 0 Å². The molecule has 0 bridgehead atoms. The number of hydrogen-bond donors (Lipinski definition) is 3. The number of benzene rings is 2. The van der Waals surface area contributed by atoms with Crippen LogP contribution in [0.25, 0.3) is 6.08 Å². The normalized spacial score (nSPS) is 19.4. The predicted octanol–water partition coefficient (Wildman–Crippen LogP) is 3.24. The Labute approximate surface area is 218 Å². The van der Waals surface area contributed by atoms with E-state index in [4.69, 9.17) is 16.3 Å². The average Bonchev–Trinajstić information content (AvgIpc) is 3.03. The van der Waals surface area contributed by atoms with Gasteiger partial charge in [-0.25, -0.2) is 10.1 Å². The lowest BCUT2D eigenvalue weighted by molar-refractivity contribution is -0.187. The summed E-state index contributed by atoms with van der Waals surface area (Å²) >= 11 is 0. The van der Waals surface area contributed by atoms with E-state index in [-0.39, 0.29) is 36.9 Å². The number of nitrogens with zero attached hydrogens (tertiary/aromatic N) is 3. The number of rotatable bonds is 7. The zero-order valence-electron chi connectivity index (χ0n) is 21.7. The molecule has 196 valence electrons. The Morgan fingerprint density at radius 1 is 1.11 bits per heavy atom. The topological polar surface area (TPSA) is 126 Å². The van der Waals surface area contributed by atoms with E-state index in [0.29, 0.717) is 48.0 Å². The van der Waals surface area contributed by atoms with Gasteiger partial charge in [0, 0.05) is 60.5 Å². The summed E-state index contributed by atoms with van der Waals surface area (Å²) in [5.41, 5.74) is 15.9. The molecular formula is C28H36N6O3. The molecule has 2 aliphatic rings. The van der Waals surface area contributed by atoms with Gasteiger partial charge in [0.05, 0.1) is 5.69 Å². The van der Waals surface area contributed by atoms with Crippen LogP contribution in [0, 0.1) is 0 Å². The van der Waals surface area contributed by atoms with Crippen molar-refractivity contribution in [2.24, 2.45) is 10.7 Å². The molecule has 0 spiro atoms. The van der Waals surface area contributed by atoms with Crippen LogP contribution in [0.15, 0.2) is 53.0 Å². The molecule has 9 heteroatoms. The number of nitrogen functional groups attached to an aromatic ring is 1. The molecule has 0 radical (unpaired) electrons. The minimum atomic E-state index is -0.257. The number of fused-ring (bicyclic) bond motifs is 1. The molecule has 37 heavy (non-hydrogen) atoms. The number of piperazine rings is 1. The summed E-state index contributed by atoms with van der Waals surface area (Å²) in [6.07, 6.45) is 2.71. The van der Waals surface area contributed by atoms with Crippen molar-refractivity contribution >= 4 is 35.1 Å². The van der Waals surface area contributed by atoms with Crippen molar-refractivity contribution in [3.8, 4) is 0 Å². The highest BCUT2D eigenvalue weighted by Crippen LogP contribution is 2.29. The van der Waals surface area contributed by atoms with E-state index in [0.717, 1.165) is 17.5 Å². The minimum absolute atomic E-state index is 0.0357. The van der Waals surface area contributed by atoms with Crippen LogP contribution in [-0.4, -0.2) is 59.3 Å². The summed E-state index contributed by atoms with van der Waals surface area (Å²) in [5, 5.41) is 4.82. The molecule has 1 fully saturated rings. The van der Waals surface area contributed by atoms with Crippen LogP contribution in [-0.2, 0) is 16.2 Å². The first-order valence-electron chi connectivity index (χ1n) is 12.8. The number of amidine groups is 1. The fourth-order valence-corrected chi connectivity index (χ4v) is 4.69. The van der Waals surface area contributed by atoms with Gasteiger partial charge in [-0.15, -0.1) is 0 Å². The number of anilines is 1. The van der Waals surface area contributed by atoms with Gasteiger partial charge in [0.15, 0.2) is 0 Å². The van der Waals surface area contributed by atoms with Crippen LogP contribution in [0.2, 0.25) is 0 Å². The molecule has 2 unspecified atom stereocenters. The van der Waals surface area contributed by atoms with Gasteiger partial charge in [0.1, 0.15) is 12.4 Å². The predicted molar refractivity (Wildman–Crippen MR) is 146 cm³/mol. The molecule has 0 saturated carbocycles. The third-order valence-electron chi connectivity index (χ3n) is 6.38. The average molecular weight is 505 g/mol. The first kappa shape index (κ1) is 26.4. The molecule has 2 atom stereocenters. The quantitative estimate of drug-likeness (QED) is 0.393. The van der Waals surface area contributed by atoms with Gasteiger partial charge in [0.25, 0.3) is 11.8 Å². The van der Waals surface area contributed by atoms with Gasteiger partial charge in [-0.3, -0.25) is 14.4 Å². The summed E-state index contributed by atoms with van der Waals surface area (Å²) in [6.45, 7) is 8.10. The summed E-state index contributed by atoms with van der Waals surface area (Å²) in [7, 11) is 0. The molecule has 0 aromatic heterocycles. The van der Waals surface area contributed by atoms with Crippen molar-refractivity contribution < 1.29 is 14.4 Å². The molecule has 4 rings (SSSR count). The van der Waals surface area contributed by atoms with Gasteiger partial charge in [-0.1, -0.05) is 25.1 Å². The zero-order chi connectivity index (χ0) is 26.5. The van der Waals surface area contributed by atoms with Crippen molar-refractivity contribution in [1.29, 1.82) is 0 Å². The highest BCUT2D eigenvalue weighted by atomic mass is 16.7. The van der Waals surface area contributed by atoms with Crippen LogP contribution in [0.3, 0.4) is 0 Å². The van der Waals surface area contributed by atoms with Crippen LogP contribution >= 0.6 is 0 Å². The van der Waals surface area contributed by atoms with Gasteiger partial charge >= 0.3 is 0 Å². The summed E-state index contributed by atoms with van der Waals surface area (Å²) in [4.78, 5) is 38.9. The van der Waals surface area contributed by atoms with Gasteiger partial charge in [0.2, 0.25) is 0 Å². The van der Waals surface area contributed by atoms with E-state index in [1.54, 1.807) is 30.3 Å². The number of nitrogens with one attached hydrogen (secondary N) is 1. The maximum atomic E-state index is 13.5. The Morgan fingerprint density at radius 2 is 1.81 bits per heavy atom. The highest BCUT2D eigenvalue weighted by Gasteiger charge is 2.27. The standard InChI is InChI=1S/C28H36N6O3/c1-4-11-34(37-17-20-5-9-24(29)10-6-20)28(36)23-12-21-7-8-22(13-25(21)32-26(30)14-23)27(35)33-15-18(2)31-19(3)16-33/h5-10,12-13,18-19,31H,4,11,14-17,29H2,1-3H3,(H2,30,32). The first-order valence-corrected chi connectivity index (χ1v) is 12.8. The lowest BCUT2D eigenvalue weighted by atomic mass is 10.0. The third kappa shape index (κ3) is 6.55. The minimum Gasteiger partial charge on any atom is -0.399 e. The zero-order valence-corrected chi connectivity index (χ0v) is 21.7. The number of carbonyl (C=O) groups excluding carboxylic acids is 2. The van der Waals surface area contributed by atoms with E-state index >= 15 is 0 Å². The molecule has 5 N–H and O–H groups in total. The lowest BCUT2D eigenvalue weighted by Crippen LogP contribution is -2.55. The van der Waals surface area contributed by atoms with Crippen LogP contribution in [0.5, 0.6) is 0 Å². The van der Waals surface area contributed by atoms with E-state index in [9.17, 15) is 9.59 Å². The Bertz CT molecular complexity index is 1200. The summed E-state index contributed by atoms with van der Waals surface area (Å²) in [5.74, 6) is 0.0149. The van der Waals surface area contributed by atoms with Crippen molar-refractivity contribution in [2.45, 2.75) is 52.3 Å². The summed E-state index contributed by atoms with van der Waals surface area (Å²) < 4.78 is 0. The monoisotopic (exact) mass is 504 g/mol. The molecule has 9 nitrogen and oxygen atoms in total. The number of hydroxylamine groups is 2. The molecule has 2 amide bonds. The van der Waals surface area contributed by atoms with Crippen LogP contribution in [0.1, 0.15) is 55.1 Å². The number of hydrogen-bond acceptors (Lipinski definition) is 7. The van der Waals surface area contributed by atoms with Crippen molar-refractivity contribution in [1.82, 2.24) is 15.3 Å². The molecular weight excluding hydrogens is 468 g/mol. The van der Waals surface area contributed by atoms with Crippen molar-refractivity contribution in [2.75, 3.05) is 25.4 Å². The van der Waals surface area contributed by atoms with Crippen molar-refractivity contribution in [3.05, 3.63) is 64.7 Å². The molecule has 2 aromatic carbocycles. The second kappa shape index (κ2) is 11.6. The summed E-state index contributed by atoms with van der Waals surface area (Å²) in [6, 6.07) is 13.2. The fourth-order valence-electron chi connectivity index (χ4n) is 4.69. The van der Waals surface area contributed by atoms with Crippen LogP contribution < -0.4 is 16.8 Å². The third-order valence-corrected chi connectivity index (χ3v) is 6.38. The number of nitrogens with two attached hydrogens (primary N) is 2. The smallest absolute Gasteiger partial charge is 0.273 e. The van der Waals surface area contributed by atoms with Gasteiger partial charge in [-0.2, -0.15) is 0 Å². The Morgan fingerprint density at radius 3 is 2.49 bits per heavy atom. The maximum absolute atomic E-state index is 13.5. The number of carbonyl (C=O) groups is 2. The second-order valence-electron chi connectivity index (χ2n) is 9.82.